The third kappa shape index (κ3) is 2.17. The highest BCUT2D eigenvalue weighted by molar-refractivity contribution is 7.89. The molecule has 1 aliphatic heterocycles. The van der Waals surface area contributed by atoms with Crippen LogP contribution in [0.2, 0.25) is 0 Å². The van der Waals surface area contributed by atoms with E-state index in [0.717, 1.165) is 4.31 Å². The predicted molar refractivity (Wildman–Crippen MR) is 41.8 cm³/mol. The van der Waals surface area contributed by atoms with Gasteiger partial charge in [0, 0.05) is 6.54 Å². The van der Waals surface area contributed by atoms with Crippen LogP contribution in [0.4, 0.5) is 0 Å². The highest BCUT2D eigenvalue weighted by atomic mass is 32.2. The molecule has 0 amide bonds. The lowest BCUT2D eigenvalue weighted by molar-refractivity contribution is 0.148. The van der Waals surface area contributed by atoms with Gasteiger partial charge in [-0.05, 0) is 0 Å². The van der Waals surface area contributed by atoms with Crippen molar-refractivity contribution in [3.8, 4) is 6.07 Å². The number of hydrogen-bond acceptors (Lipinski definition) is 4. The second-order valence-corrected chi connectivity index (χ2v) is 4.51. The van der Waals surface area contributed by atoms with Gasteiger partial charge in [-0.1, -0.05) is 0 Å². The topological polar surface area (TPSA) is 70.4 Å². The van der Waals surface area contributed by atoms with Gasteiger partial charge in [-0.25, -0.2) is 8.42 Å². The zero-order valence-corrected chi connectivity index (χ0v) is 7.38. The largest absolute Gasteiger partial charge is 0.379 e. The fourth-order valence-corrected chi connectivity index (χ4v) is 2.15. The second kappa shape index (κ2) is 3.85. The molecule has 0 aromatic heterocycles. The van der Waals surface area contributed by atoms with Crippen LogP contribution in [0.15, 0.2) is 0 Å². The first kappa shape index (κ1) is 9.45. The van der Waals surface area contributed by atoms with E-state index < -0.39 is 10.0 Å². The first-order valence-corrected chi connectivity index (χ1v) is 5.20. The Morgan fingerprint density at radius 3 is 2.92 bits per heavy atom. The van der Waals surface area contributed by atoms with Crippen molar-refractivity contribution >= 4 is 10.0 Å². The third-order valence-electron chi connectivity index (χ3n) is 1.61. The summed E-state index contributed by atoms with van der Waals surface area (Å²) < 4.78 is 28.7. The molecule has 0 bridgehead atoms. The molecule has 1 rings (SSSR count). The van der Waals surface area contributed by atoms with Crippen molar-refractivity contribution in [3.63, 3.8) is 0 Å². The average molecular weight is 190 g/mol. The van der Waals surface area contributed by atoms with Gasteiger partial charge in [0.2, 0.25) is 10.0 Å². The van der Waals surface area contributed by atoms with Crippen LogP contribution in [-0.2, 0) is 14.8 Å². The van der Waals surface area contributed by atoms with E-state index >= 15 is 0 Å². The van der Waals surface area contributed by atoms with Gasteiger partial charge in [-0.3, -0.25) is 0 Å². The highest BCUT2D eigenvalue weighted by Crippen LogP contribution is 2.04. The van der Waals surface area contributed by atoms with E-state index in [0.29, 0.717) is 6.61 Å². The smallest absolute Gasteiger partial charge is 0.217 e. The second-order valence-electron chi connectivity index (χ2n) is 2.42. The normalized spacial score (nSPS) is 24.2. The van der Waals surface area contributed by atoms with E-state index in [1.165, 1.54) is 0 Å². The minimum Gasteiger partial charge on any atom is -0.379 e. The van der Waals surface area contributed by atoms with Crippen molar-refractivity contribution in [2.24, 2.45) is 0 Å². The summed E-state index contributed by atoms with van der Waals surface area (Å²) in [5.74, 6) is -0.0192. The molecule has 0 saturated carbocycles. The molecule has 1 heterocycles. The molecule has 68 valence electrons. The van der Waals surface area contributed by atoms with Crippen LogP contribution in [0, 0.1) is 11.3 Å². The summed E-state index contributed by atoms with van der Waals surface area (Å²) in [4.78, 5) is 0. The number of ether oxygens (including phenoxy) is 1. The molecule has 12 heavy (non-hydrogen) atoms. The van der Waals surface area contributed by atoms with Crippen LogP contribution in [0.5, 0.6) is 0 Å². The van der Waals surface area contributed by atoms with E-state index in [2.05, 4.69) is 0 Å². The Morgan fingerprint density at radius 2 is 2.25 bits per heavy atom. The Hall–Kier alpha value is -0.640. The number of rotatable bonds is 1. The van der Waals surface area contributed by atoms with Crippen LogP contribution in [0.3, 0.4) is 0 Å². The maximum Gasteiger partial charge on any atom is 0.217 e. The van der Waals surface area contributed by atoms with Gasteiger partial charge in [0.1, 0.15) is 6.54 Å². The van der Waals surface area contributed by atoms with E-state index in [9.17, 15) is 8.42 Å². The number of hydrogen-bond donors (Lipinski definition) is 0. The minimum absolute atomic E-state index is 0.0192. The number of nitrogens with zero attached hydrogens (tertiary/aromatic N) is 2. The van der Waals surface area contributed by atoms with Crippen LogP contribution in [0.1, 0.15) is 0 Å². The molecule has 0 spiro atoms. The molecule has 0 N–H and O–H groups in total. The van der Waals surface area contributed by atoms with Gasteiger partial charge in [-0.2, -0.15) is 9.57 Å². The zero-order valence-electron chi connectivity index (χ0n) is 6.56. The lowest BCUT2D eigenvalue weighted by Crippen LogP contribution is -2.33. The monoisotopic (exact) mass is 190 g/mol. The number of nitriles is 1. The van der Waals surface area contributed by atoms with Crippen molar-refractivity contribution in [2.45, 2.75) is 0 Å². The van der Waals surface area contributed by atoms with Gasteiger partial charge in [0.25, 0.3) is 0 Å². The summed E-state index contributed by atoms with van der Waals surface area (Å²) in [6.45, 7) is 0.812. The summed E-state index contributed by atoms with van der Waals surface area (Å²) >= 11 is 0. The lowest BCUT2D eigenvalue weighted by atomic mass is 10.6. The van der Waals surface area contributed by atoms with Crippen LogP contribution < -0.4 is 0 Å². The lowest BCUT2D eigenvalue weighted by Gasteiger charge is -2.13. The summed E-state index contributed by atoms with van der Waals surface area (Å²) in [5, 5.41) is 8.35. The third-order valence-corrected chi connectivity index (χ3v) is 3.39. The summed E-state index contributed by atoms with van der Waals surface area (Å²) in [6, 6.07) is 1.81. The van der Waals surface area contributed by atoms with Gasteiger partial charge in [0.05, 0.1) is 25.0 Å². The quantitative estimate of drug-likeness (QED) is 0.506. The summed E-state index contributed by atoms with van der Waals surface area (Å²) in [7, 11) is -3.24. The molecule has 0 aromatic carbocycles. The molecule has 0 aliphatic carbocycles. The molecular formula is C6H10N2O3S. The molecule has 1 fully saturated rings. The molecular weight excluding hydrogens is 180 g/mol. The Kier molecular flexibility index (Phi) is 3.03. The Balaban J connectivity index is 2.74. The number of sulfonamides is 1. The summed E-state index contributed by atoms with van der Waals surface area (Å²) in [6.07, 6.45) is 0. The van der Waals surface area contributed by atoms with Gasteiger partial charge >= 0.3 is 0 Å². The minimum atomic E-state index is -3.24. The van der Waals surface area contributed by atoms with E-state index in [-0.39, 0.29) is 25.4 Å². The highest BCUT2D eigenvalue weighted by Gasteiger charge is 2.23. The fraction of sp³-hybridized carbons (Fsp3) is 0.833. The first-order valence-electron chi connectivity index (χ1n) is 3.59. The molecule has 0 aromatic rings. The molecule has 5 nitrogen and oxygen atoms in total. The average Bonchev–Trinajstić information content (AvgIpc) is 2.15. The molecule has 0 radical (unpaired) electrons. The molecule has 0 atom stereocenters. The van der Waals surface area contributed by atoms with Gasteiger partial charge < -0.3 is 4.74 Å². The Labute approximate surface area is 71.6 Å². The molecule has 6 heteroatoms. The van der Waals surface area contributed by atoms with Gasteiger partial charge in [-0.15, -0.1) is 0 Å². The molecule has 1 saturated heterocycles. The van der Waals surface area contributed by atoms with Gasteiger partial charge in [0.15, 0.2) is 0 Å². The van der Waals surface area contributed by atoms with Crippen molar-refractivity contribution in [1.29, 1.82) is 5.26 Å². The Bertz CT molecular complexity index is 280. The van der Waals surface area contributed by atoms with E-state index in [4.69, 9.17) is 10.00 Å². The zero-order chi connectivity index (χ0) is 9.03. The standard InChI is InChI=1S/C6H10N2O3S/c7-1-2-8-3-4-11-5-6-12(8,9)10/h2-6H2. The van der Waals surface area contributed by atoms with Crippen molar-refractivity contribution in [3.05, 3.63) is 0 Å². The van der Waals surface area contributed by atoms with Crippen molar-refractivity contribution in [2.75, 3.05) is 32.1 Å². The van der Waals surface area contributed by atoms with E-state index in [1.807, 2.05) is 6.07 Å². The first-order chi connectivity index (χ1) is 5.67. The van der Waals surface area contributed by atoms with E-state index in [1.54, 1.807) is 0 Å². The summed E-state index contributed by atoms with van der Waals surface area (Å²) in [5.41, 5.74) is 0. The molecule has 1 aliphatic rings. The molecule has 0 unspecified atom stereocenters. The van der Waals surface area contributed by atoms with Crippen LogP contribution in [-0.4, -0.2) is 44.8 Å². The van der Waals surface area contributed by atoms with Crippen LogP contribution in [0.25, 0.3) is 0 Å². The fourth-order valence-electron chi connectivity index (χ4n) is 0.957. The maximum absolute atomic E-state index is 11.3. The van der Waals surface area contributed by atoms with Crippen molar-refractivity contribution < 1.29 is 13.2 Å². The Morgan fingerprint density at radius 1 is 1.50 bits per heavy atom. The predicted octanol–water partition coefficient (Wildman–Crippen LogP) is -0.828. The maximum atomic E-state index is 11.3. The van der Waals surface area contributed by atoms with Crippen LogP contribution >= 0.6 is 0 Å². The van der Waals surface area contributed by atoms with Crippen molar-refractivity contribution in [1.82, 2.24) is 4.31 Å². The SMILES string of the molecule is N#CCN1CCOCCS1(=O)=O.